The summed E-state index contributed by atoms with van der Waals surface area (Å²) in [6.45, 7) is 3.86. The molecule has 0 atom stereocenters. The topological polar surface area (TPSA) is 39.8 Å². The number of aryl methyl sites for hydroxylation is 1. The number of nitrogens with zero attached hydrogens (tertiary/aromatic N) is 3. The minimum atomic E-state index is -0.639. The fourth-order valence-corrected chi connectivity index (χ4v) is 4.77. The molecule has 9 heteroatoms. The largest absolute Gasteiger partial charge is 0.294 e. The third-order valence-corrected chi connectivity index (χ3v) is 6.59. The van der Waals surface area contributed by atoms with Gasteiger partial charge in [0.15, 0.2) is 11.6 Å². The SMILES string of the molecule is CCn1cc(-n2c(Cl)c(Sc3cccc(C(C)=O)c3F)c3ccc(Cl)c(F)c32)cn1. The quantitative estimate of drug-likeness (QED) is 0.304. The van der Waals surface area contributed by atoms with Crippen LogP contribution in [0.2, 0.25) is 10.2 Å². The summed E-state index contributed by atoms with van der Waals surface area (Å²) in [5.74, 6) is -1.65. The molecule has 0 aliphatic heterocycles. The first-order valence-electron chi connectivity index (χ1n) is 9.01. The fraction of sp³-hybridized carbons (Fsp3) is 0.143. The van der Waals surface area contributed by atoms with E-state index in [1.807, 2.05) is 6.92 Å². The van der Waals surface area contributed by atoms with Crippen molar-refractivity contribution in [1.82, 2.24) is 14.3 Å². The average Bonchev–Trinajstić information content (AvgIpc) is 3.29. The average molecular weight is 466 g/mol. The summed E-state index contributed by atoms with van der Waals surface area (Å²) in [6.07, 6.45) is 3.30. The molecule has 0 spiro atoms. The normalized spacial score (nSPS) is 11.4. The van der Waals surface area contributed by atoms with Crippen LogP contribution in [0.25, 0.3) is 16.6 Å². The maximum atomic E-state index is 15.0. The second kappa shape index (κ2) is 8.06. The van der Waals surface area contributed by atoms with Crippen LogP contribution in [0.1, 0.15) is 24.2 Å². The second-order valence-corrected chi connectivity index (χ2v) is 8.36. The van der Waals surface area contributed by atoms with Crippen molar-refractivity contribution in [1.29, 1.82) is 0 Å². The zero-order chi connectivity index (χ0) is 21.6. The Balaban J connectivity index is 1.96. The van der Waals surface area contributed by atoms with Crippen molar-refractivity contribution in [2.45, 2.75) is 30.2 Å². The molecular weight excluding hydrogens is 451 g/mol. The Morgan fingerprint density at radius 1 is 1.17 bits per heavy atom. The third kappa shape index (κ3) is 3.41. The Morgan fingerprint density at radius 2 is 1.93 bits per heavy atom. The van der Waals surface area contributed by atoms with Crippen LogP contribution in [0.4, 0.5) is 8.78 Å². The number of fused-ring (bicyclic) bond motifs is 1. The summed E-state index contributed by atoms with van der Waals surface area (Å²) >= 11 is 13.7. The van der Waals surface area contributed by atoms with Crippen molar-refractivity contribution in [3.63, 3.8) is 0 Å². The van der Waals surface area contributed by atoms with Crippen molar-refractivity contribution in [3.8, 4) is 5.69 Å². The summed E-state index contributed by atoms with van der Waals surface area (Å²) in [4.78, 5) is 12.4. The van der Waals surface area contributed by atoms with E-state index < -0.39 is 11.6 Å². The first-order valence-corrected chi connectivity index (χ1v) is 10.6. The molecule has 0 amide bonds. The summed E-state index contributed by atoms with van der Waals surface area (Å²) in [7, 11) is 0. The van der Waals surface area contributed by atoms with Gasteiger partial charge in [-0.15, -0.1) is 0 Å². The minimum absolute atomic E-state index is 0.0155. The van der Waals surface area contributed by atoms with Crippen LogP contribution >= 0.6 is 35.0 Å². The van der Waals surface area contributed by atoms with E-state index in [9.17, 15) is 9.18 Å². The highest BCUT2D eigenvalue weighted by Crippen LogP contribution is 2.45. The van der Waals surface area contributed by atoms with Gasteiger partial charge in [0.2, 0.25) is 0 Å². The lowest BCUT2D eigenvalue weighted by Gasteiger charge is -2.07. The van der Waals surface area contributed by atoms with Gasteiger partial charge in [-0.1, -0.05) is 41.0 Å². The van der Waals surface area contributed by atoms with Crippen LogP contribution in [0.15, 0.2) is 52.5 Å². The summed E-state index contributed by atoms with van der Waals surface area (Å²) in [5, 5.41) is 4.84. The molecule has 4 rings (SSSR count). The lowest BCUT2D eigenvalue weighted by atomic mass is 10.1. The molecular formula is C21H15Cl2F2N3OS. The van der Waals surface area contributed by atoms with Crippen molar-refractivity contribution < 1.29 is 13.6 Å². The second-order valence-electron chi connectivity index (χ2n) is 6.54. The van der Waals surface area contributed by atoms with E-state index in [1.165, 1.54) is 23.6 Å². The molecule has 0 fully saturated rings. The molecule has 0 radical (unpaired) electrons. The van der Waals surface area contributed by atoms with Gasteiger partial charge in [-0.2, -0.15) is 5.10 Å². The number of hydrogen-bond donors (Lipinski definition) is 0. The monoisotopic (exact) mass is 465 g/mol. The van der Waals surface area contributed by atoms with E-state index in [-0.39, 0.29) is 31.9 Å². The molecule has 4 nitrogen and oxygen atoms in total. The first kappa shape index (κ1) is 20.9. The maximum absolute atomic E-state index is 15.0. The van der Waals surface area contributed by atoms with Gasteiger partial charge in [0.1, 0.15) is 11.0 Å². The lowest BCUT2D eigenvalue weighted by molar-refractivity contribution is 0.101. The Morgan fingerprint density at radius 3 is 2.60 bits per heavy atom. The lowest BCUT2D eigenvalue weighted by Crippen LogP contribution is -1.98. The number of Topliss-reactive ketones (excluding diaryl/α,β-unsaturated/α-hetero) is 1. The first-order chi connectivity index (χ1) is 14.3. The summed E-state index contributed by atoms with van der Waals surface area (Å²) < 4.78 is 33.1. The van der Waals surface area contributed by atoms with Crippen LogP contribution in [0, 0.1) is 11.6 Å². The number of hydrogen-bond acceptors (Lipinski definition) is 3. The van der Waals surface area contributed by atoms with Crippen LogP contribution in [-0.4, -0.2) is 20.1 Å². The molecule has 0 saturated carbocycles. The van der Waals surface area contributed by atoms with E-state index in [0.29, 0.717) is 22.5 Å². The van der Waals surface area contributed by atoms with Gasteiger partial charge < -0.3 is 0 Å². The van der Waals surface area contributed by atoms with Crippen LogP contribution in [0.5, 0.6) is 0 Å². The molecule has 0 saturated heterocycles. The van der Waals surface area contributed by atoms with Gasteiger partial charge in [0, 0.05) is 23.0 Å². The highest BCUT2D eigenvalue weighted by atomic mass is 35.5. The number of rotatable bonds is 5. The number of carbonyl (C=O) groups excluding carboxylic acids is 1. The predicted molar refractivity (Wildman–Crippen MR) is 115 cm³/mol. The van der Waals surface area contributed by atoms with E-state index in [4.69, 9.17) is 23.2 Å². The fourth-order valence-electron chi connectivity index (χ4n) is 3.20. The van der Waals surface area contributed by atoms with Gasteiger partial charge in [-0.25, -0.2) is 8.78 Å². The van der Waals surface area contributed by atoms with Crippen molar-refractivity contribution in [2.24, 2.45) is 0 Å². The number of benzene rings is 2. The molecule has 154 valence electrons. The van der Waals surface area contributed by atoms with Gasteiger partial charge in [-0.3, -0.25) is 14.0 Å². The molecule has 2 aromatic carbocycles. The van der Waals surface area contributed by atoms with E-state index in [1.54, 1.807) is 35.3 Å². The molecule has 4 aromatic rings. The number of aromatic nitrogens is 3. The Labute approximate surface area is 185 Å². The molecule has 2 heterocycles. The minimum Gasteiger partial charge on any atom is -0.294 e. The van der Waals surface area contributed by atoms with E-state index in [0.717, 1.165) is 11.8 Å². The third-order valence-electron chi connectivity index (χ3n) is 4.68. The standard InChI is InChI=1S/C21H15Cl2F2N3OS/c1-3-27-10-12(9-26-27)28-19-14(7-8-15(22)18(19)25)20(21(28)23)30-16-6-4-5-13(11(2)29)17(16)24/h4-10H,3H2,1-2H3. The van der Waals surface area contributed by atoms with Gasteiger partial charge in [0.05, 0.1) is 32.9 Å². The molecule has 0 bridgehead atoms. The molecule has 0 aliphatic carbocycles. The zero-order valence-electron chi connectivity index (χ0n) is 15.9. The van der Waals surface area contributed by atoms with E-state index in [2.05, 4.69) is 5.10 Å². The van der Waals surface area contributed by atoms with Gasteiger partial charge >= 0.3 is 0 Å². The molecule has 30 heavy (non-hydrogen) atoms. The van der Waals surface area contributed by atoms with Crippen LogP contribution in [-0.2, 0) is 6.54 Å². The smallest absolute Gasteiger partial charge is 0.166 e. The predicted octanol–water partition coefficient (Wildman–Crippen LogP) is 6.79. The maximum Gasteiger partial charge on any atom is 0.166 e. The zero-order valence-corrected chi connectivity index (χ0v) is 18.2. The Hall–Kier alpha value is -2.35. The summed E-state index contributed by atoms with van der Waals surface area (Å²) in [5.41, 5.74) is 0.713. The molecule has 2 aromatic heterocycles. The Kier molecular flexibility index (Phi) is 5.61. The highest BCUT2D eigenvalue weighted by molar-refractivity contribution is 7.99. The van der Waals surface area contributed by atoms with Gasteiger partial charge in [-0.05, 0) is 38.1 Å². The molecule has 0 unspecified atom stereocenters. The van der Waals surface area contributed by atoms with E-state index >= 15 is 4.39 Å². The summed E-state index contributed by atoms with van der Waals surface area (Å²) in [6, 6.07) is 7.64. The van der Waals surface area contributed by atoms with Crippen molar-refractivity contribution in [3.05, 3.63) is 70.1 Å². The van der Waals surface area contributed by atoms with Crippen LogP contribution < -0.4 is 0 Å². The van der Waals surface area contributed by atoms with Gasteiger partial charge in [0.25, 0.3) is 0 Å². The van der Waals surface area contributed by atoms with Crippen molar-refractivity contribution in [2.75, 3.05) is 0 Å². The number of carbonyl (C=O) groups is 1. The van der Waals surface area contributed by atoms with Crippen molar-refractivity contribution >= 4 is 51.6 Å². The number of ketones is 1. The number of halogens is 4. The Bertz CT molecular complexity index is 1300. The molecule has 0 N–H and O–H groups in total. The molecule has 0 aliphatic rings. The highest BCUT2D eigenvalue weighted by Gasteiger charge is 2.24. The van der Waals surface area contributed by atoms with Crippen LogP contribution in [0.3, 0.4) is 0 Å².